The van der Waals surface area contributed by atoms with Crippen LogP contribution in [0.25, 0.3) is 0 Å². The molecule has 3 aliphatic rings. The number of carbonyl (C=O) groups is 1. The lowest BCUT2D eigenvalue weighted by atomic mass is 9.76. The molecule has 3 rings (SSSR count). The molecular formula is C12H14O4. The van der Waals surface area contributed by atoms with Gasteiger partial charge in [-0.15, -0.1) is 0 Å². The molecule has 0 bridgehead atoms. The molecule has 1 aliphatic carbocycles. The number of carboxylic acid groups (broad SMARTS) is 1. The summed E-state index contributed by atoms with van der Waals surface area (Å²) in [4.78, 5) is 11.1. The second kappa shape index (κ2) is 3.71. The molecule has 0 saturated carbocycles. The average Bonchev–Trinajstić information content (AvgIpc) is 2.76. The monoisotopic (exact) mass is 222 g/mol. The van der Waals surface area contributed by atoms with Crippen LogP contribution in [-0.4, -0.2) is 36.5 Å². The molecule has 2 fully saturated rings. The van der Waals surface area contributed by atoms with Crippen LogP contribution in [-0.2, 0) is 14.3 Å². The van der Waals surface area contributed by atoms with E-state index in [0.29, 0.717) is 18.1 Å². The number of fused-ring (bicyclic) bond motifs is 3. The van der Waals surface area contributed by atoms with Gasteiger partial charge in [0.25, 0.3) is 0 Å². The third-order valence-electron chi connectivity index (χ3n) is 3.71. The van der Waals surface area contributed by atoms with Crippen molar-refractivity contribution in [1.82, 2.24) is 0 Å². The van der Waals surface area contributed by atoms with Crippen molar-refractivity contribution in [3.8, 4) is 0 Å². The van der Waals surface area contributed by atoms with E-state index in [-0.39, 0.29) is 18.1 Å². The van der Waals surface area contributed by atoms with Crippen molar-refractivity contribution in [3.05, 3.63) is 23.8 Å². The van der Waals surface area contributed by atoms with E-state index in [0.717, 1.165) is 13.0 Å². The van der Waals surface area contributed by atoms with Gasteiger partial charge in [-0.25, -0.2) is 4.79 Å². The topological polar surface area (TPSA) is 55.8 Å². The lowest BCUT2D eigenvalue weighted by Gasteiger charge is -2.39. The SMILES string of the molecule is O=C(O)C1=CC=CC2C1OCC1OCCC12. The molecular weight excluding hydrogens is 208 g/mol. The standard InChI is InChI=1S/C12H14O4/c13-12(14)9-3-1-2-8-7-4-5-15-10(7)6-16-11(8)9/h1-3,7-8,10-11H,4-6H2,(H,13,14). The second-order valence-electron chi connectivity index (χ2n) is 4.51. The van der Waals surface area contributed by atoms with Crippen LogP contribution in [0.1, 0.15) is 6.42 Å². The lowest BCUT2D eigenvalue weighted by molar-refractivity contribution is -0.138. The van der Waals surface area contributed by atoms with Gasteiger partial charge in [-0.1, -0.05) is 12.2 Å². The zero-order valence-electron chi connectivity index (χ0n) is 8.83. The van der Waals surface area contributed by atoms with E-state index in [1.54, 1.807) is 6.08 Å². The largest absolute Gasteiger partial charge is 0.478 e. The summed E-state index contributed by atoms with van der Waals surface area (Å²) in [6, 6.07) is 0. The molecule has 2 heterocycles. The number of carboxylic acids is 1. The van der Waals surface area contributed by atoms with Crippen LogP contribution in [0.4, 0.5) is 0 Å². The predicted octanol–water partition coefficient (Wildman–Crippen LogP) is 0.987. The molecule has 0 aromatic carbocycles. The van der Waals surface area contributed by atoms with Crippen molar-refractivity contribution in [2.24, 2.45) is 11.8 Å². The molecule has 4 nitrogen and oxygen atoms in total. The van der Waals surface area contributed by atoms with E-state index in [2.05, 4.69) is 6.08 Å². The Labute approximate surface area is 93.5 Å². The zero-order valence-corrected chi connectivity index (χ0v) is 8.83. The van der Waals surface area contributed by atoms with Crippen molar-refractivity contribution in [3.63, 3.8) is 0 Å². The second-order valence-corrected chi connectivity index (χ2v) is 4.51. The van der Waals surface area contributed by atoms with Crippen LogP contribution in [0.2, 0.25) is 0 Å². The molecule has 4 atom stereocenters. The minimum atomic E-state index is -0.878. The Morgan fingerprint density at radius 1 is 1.44 bits per heavy atom. The fourth-order valence-electron chi connectivity index (χ4n) is 2.93. The first-order valence-electron chi connectivity index (χ1n) is 5.62. The highest BCUT2D eigenvalue weighted by Crippen LogP contribution is 2.40. The Bertz CT molecular complexity index is 371. The number of ether oxygens (including phenoxy) is 2. The van der Waals surface area contributed by atoms with Gasteiger partial charge in [0.05, 0.1) is 24.4 Å². The van der Waals surface area contributed by atoms with Crippen molar-refractivity contribution in [2.45, 2.75) is 18.6 Å². The maximum atomic E-state index is 11.1. The summed E-state index contributed by atoms with van der Waals surface area (Å²) in [5.41, 5.74) is 0.373. The van der Waals surface area contributed by atoms with Gasteiger partial charge in [-0.3, -0.25) is 0 Å². The summed E-state index contributed by atoms with van der Waals surface area (Å²) < 4.78 is 11.2. The van der Waals surface area contributed by atoms with E-state index in [4.69, 9.17) is 14.6 Å². The van der Waals surface area contributed by atoms with Gasteiger partial charge in [0, 0.05) is 12.5 Å². The Morgan fingerprint density at radius 2 is 2.31 bits per heavy atom. The number of hydrogen-bond donors (Lipinski definition) is 1. The molecule has 0 spiro atoms. The summed E-state index contributed by atoms with van der Waals surface area (Å²) in [6.07, 6.45) is 6.40. The van der Waals surface area contributed by atoms with E-state index < -0.39 is 5.97 Å². The number of rotatable bonds is 1. The van der Waals surface area contributed by atoms with Crippen LogP contribution in [0.15, 0.2) is 23.8 Å². The quantitative estimate of drug-likeness (QED) is 0.718. The average molecular weight is 222 g/mol. The highest BCUT2D eigenvalue weighted by molar-refractivity contribution is 5.88. The molecule has 0 amide bonds. The molecule has 0 aromatic rings. The summed E-state index contributed by atoms with van der Waals surface area (Å²) in [5.74, 6) is -0.299. The zero-order chi connectivity index (χ0) is 11.1. The molecule has 2 aliphatic heterocycles. The minimum absolute atomic E-state index is 0.152. The minimum Gasteiger partial charge on any atom is -0.478 e. The van der Waals surface area contributed by atoms with Gasteiger partial charge < -0.3 is 14.6 Å². The van der Waals surface area contributed by atoms with Crippen LogP contribution < -0.4 is 0 Å². The van der Waals surface area contributed by atoms with Crippen molar-refractivity contribution in [1.29, 1.82) is 0 Å². The third kappa shape index (κ3) is 1.41. The molecule has 1 N–H and O–H groups in total. The van der Waals surface area contributed by atoms with E-state index in [1.165, 1.54) is 0 Å². The van der Waals surface area contributed by atoms with Gasteiger partial charge >= 0.3 is 5.97 Å². The molecule has 2 saturated heterocycles. The highest BCUT2D eigenvalue weighted by Gasteiger charge is 2.45. The van der Waals surface area contributed by atoms with Gasteiger partial charge in [-0.05, 0) is 18.4 Å². The fourth-order valence-corrected chi connectivity index (χ4v) is 2.93. The van der Waals surface area contributed by atoms with Crippen molar-refractivity contribution in [2.75, 3.05) is 13.2 Å². The Kier molecular flexibility index (Phi) is 2.33. The van der Waals surface area contributed by atoms with Gasteiger partial charge in [0.2, 0.25) is 0 Å². The maximum Gasteiger partial charge on any atom is 0.334 e. The Hall–Kier alpha value is -1.13. The predicted molar refractivity (Wildman–Crippen MR) is 55.9 cm³/mol. The Morgan fingerprint density at radius 3 is 3.12 bits per heavy atom. The normalized spacial score (nSPS) is 41.1. The first-order chi connectivity index (χ1) is 7.77. The van der Waals surface area contributed by atoms with Crippen LogP contribution in [0.3, 0.4) is 0 Å². The summed E-state index contributed by atoms with van der Waals surface area (Å²) >= 11 is 0. The molecule has 4 heteroatoms. The molecule has 4 unspecified atom stereocenters. The molecule has 16 heavy (non-hydrogen) atoms. The summed E-state index contributed by atoms with van der Waals surface area (Å²) in [5, 5.41) is 9.10. The lowest BCUT2D eigenvalue weighted by Crippen LogP contribution is -2.45. The number of allylic oxidation sites excluding steroid dienone is 2. The van der Waals surface area contributed by atoms with Crippen LogP contribution in [0.5, 0.6) is 0 Å². The number of hydrogen-bond acceptors (Lipinski definition) is 3. The van der Waals surface area contributed by atoms with E-state index in [1.807, 2.05) is 6.08 Å². The third-order valence-corrected chi connectivity index (χ3v) is 3.71. The summed E-state index contributed by atoms with van der Waals surface area (Å²) in [6.45, 7) is 1.28. The highest BCUT2D eigenvalue weighted by atomic mass is 16.5. The van der Waals surface area contributed by atoms with Gasteiger partial charge in [0.1, 0.15) is 0 Å². The summed E-state index contributed by atoms with van der Waals surface area (Å²) in [7, 11) is 0. The smallest absolute Gasteiger partial charge is 0.334 e. The number of aliphatic carboxylic acids is 1. The molecule has 0 radical (unpaired) electrons. The van der Waals surface area contributed by atoms with Crippen LogP contribution in [0, 0.1) is 11.8 Å². The first kappa shape index (κ1) is 10.1. The van der Waals surface area contributed by atoms with Crippen molar-refractivity contribution < 1.29 is 19.4 Å². The Balaban J connectivity index is 1.89. The first-order valence-corrected chi connectivity index (χ1v) is 5.62. The van der Waals surface area contributed by atoms with E-state index >= 15 is 0 Å². The fraction of sp³-hybridized carbons (Fsp3) is 0.583. The van der Waals surface area contributed by atoms with Crippen molar-refractivity contribution >= 4 is 5.97 Å². The van der Waals surface area contributed by atoms with E-state index in [9.17, 15) is 4.79 Å². The van der Waals surface area contributed by atoms with Crippen LogP contribution >= 0.6 is 0 Å². The van der Waals surface area contributed by atoms with Gasteiger partial charge in [-0.2, -0.15) is 0 Å². The van der Waals surface area contributed by atoms with Gasteiger partial charge in [0.15, 0.2) is 0 Å². The maximum absolute atomic E-state index is 11.1. The molecule has 86 valence electrons. The molecule has 0 aromatic heterocycles.